The fraction of sp³-hybridized carbons (Fsp3) is 0.391. The molecule has 2 atom stereocenters. The zero-order chi connectivity index (χ0) is 22.0. The minimum atomic E-state index is -0.0860. The molecule has 3 heterocycles. The van der Waals surface area contributed by atoms with Crippen LogP contribution in [0.5, 0.6) is 5.75 Å². The highest BCUT2D eigenvalue weighted by molar-refractivity contribution is 6.30. The fourth-order valence-electron chi connectivity index (χ4n) is 4.00. The number of carbonyl (C=O) groups is 1. The zero-order valence-electron chi connectivity index (χ0n) is 17.7. The number of imidazole rings is 1. The fourth-order valence-corrected chi connectivity index (χ4v) is 4.16. The monoisotopic (exact) mass is 442 g/mol. The number of nitrogens with zero attached hydrogens (tertiary/aromatic N) is 3. The molecule has 0 aliphatic carbocycles. The lowest BCUT2D eigenvalue weighted by atomic mass is 10.1. The standard InChI is InChI=1S/C23H27ClN4O3/c1-15-12-27(13-16(2)31-15)23(30)22-20(28-14-18(24)5-8-21(28)26-22)11-25-10-9-17-3-6-19(29)7-4-17/h3-8,14-16,25,29H,9-13H2,1-2H3. The van der Waals surface area contributed by atoms with E-state index in [0.717, 1.165) is 24.2 Å². The molecule has 1 aliphatic rings. The maximum absolute atomic E-state index is 13.4. The SMILES string of the molecule is CC1CN(C(=O)c2nc3ccc(Cl)cn3c2CNCCc2ccc(O)cc2)CC(C)O1. The number of ether oxygens (including phenoxy) is 1. The number of amides is 1. The van der Waals surface area contributed by atoms with Gasteiger partial charge in [-0.3, -0.25) is 4.79 Å². The van der Waals surface area contributed by atoms with Crippen LogP contribution in [0.1, 0.15) is 35.6 Å². The Morgan fingerprint density at radius 3 is 2.61 bits per heavy atom. The van der Waals surface area contributed by atoms with Gasteiger partial charge in [-0.15, -0.1) is 0 Å². The van der Waals surface area contributed by atoms with E-state index in [1.807, 2.05) is 41.3 Å². The van der Waals surface area contributed by atoms with Gasteiger partial charge in [-0.2, -0.15) is 0 Å². The van der Waals surface area contributed by atoms with Crippen LogP contribution in [0.25, 0.3) is 5.65 Å². The van der Waals surface area contributed by atoms with Crippen LogP contribution in [0.3, 0.4) is 0 Å². The summed E-state index contributed by atoms with van der Waals surface area (Å²) in [4.78, 5) is 19.8. The van der Waals surface area contributed by atoms with E-state index in [1.54, 1.807) is 24.4 Å². The lowest BCUT2D eigenvalue weighted by Crippen LogP contribution is -2.48. The van der Waals surface area contributed by atoms with Gasteiger partial charge in [0.25, 0.3) is 5.91 Å². The first kappa shape index (κ1) is 21.6. The van der Waals surface area contributed by atoms with Crippen LogP contribution in [0.2, 0.25) is 5.02 Å². The lowest BCUT2D eigenvalue weighted by Gasteiger charge is -2.35. The third kappa shape index (κ3) is 5.01. The Hall–Kier alpha value is -2.61. The van der Waals surface area contributed by atoms with Crippen molar-refractivity contribution in [2.75, 3.05) is 19.6 Å². The molecule has 164 valence electrons. The summed E-state index contributed by atoms with van der Waals surface area (Å²) in [5.74, 6) is 0.173. The van der Waals surface area contributed by atoms with Crippen molar-refractivity contribution < 1.29 is 14.6 Å². The van der Waals surface area contributed by atoms with E-state index >= 15 is 0 Å². The van der Waals surface area contributed by atoms with Crippen LogP contribution in [-0.4, -0.2) is 57.1 Å². The number of aromatic hydroxyl groups is 1. The first-order chi connectivity index (χ1) is 14.9. The second kappa shape index (κ2) is 9.26. The number of fused-ring (bicyclic) bond motifs is 1. The van der Waals surface area contributed by atoms with E-state index in [9.17, 15) is 9.90 Å². The summed E-state index contributed by atoms with van der Waals surface area (Å²) in [5, 5.41) is 13.4. The van der Waals surface area contributed by atoms with Crippen molar-refractivity contribution >= 4 is 23.2 Å². The summed E-state index contributed by atoms with van der Waals surface area (Å²) in [6.45, 7) is 6.25. The molecule has 7 nitrogen and oxygen atoms in total. The van der Waals surface area contributed by atoms with Gasteiger partial charge in [0.05, 0.1) is 22.9 Å². The van der Waals surface area contributed by atoms with Gasteiger partial charge >= 0.3 is 0 Å². The van der Waals surface area contributed by atoms with Crippen molar-refractivity contribution in [2.45, 2.75) is 39.0 Å². The molecule has 0 bridgehead atoms. The van der Waals surface area contributed by atoms with E-state index in [2.05, 4.69) is 10.3 Å². The van der Waals surface area contributed by atoms with Gasteiger partial charge in [0.15, 0.2) is 5.69 Å². The molecule has 2 N–H and O–H groups in total. The van der Waals surface area contributed by atoms with Crippen LogP contribution in [0.4, 0.5) is 0 Å². The predicted molar refractivity (Wildman–Crippen MR) is 120 cm³/mol. The molecule has 1 aliphatic heterocycles. The molecule has 31 heavy (non-hydrogen) atoms. The highest BCUT2D eigenvalue weighted by atomic mass is 35.5. The molecule has 1 fully saturated rings. The average molecular weight is 443 g/mol. The number of benzene rings is 1. The van der Waals surface area contributed by atoms with E-state index in [-0.39, 0.29) is 23.9 Å². The molecule has 4 rings (SSSR count). The maximum atomic E-state index is 13.4. The first-order valence-electron chi connectivity index (χ1n) is 10.5. The van der Waals surface area contributed by atoms with Gasteiger partial charge in [-0.1, -0.05) is 23.7 Å². The third-order valence-electron chi connectivity index (χ3n) is 5.41. The minimum absolute atomic E-state index is 0.00828. The molecule has 1 amide bonds. The Balaban J connectivity index is 1.53. The second-order valence-electron chi connectivity index (χ2n) is 8.04. The molecule has 0 saturated carbocycles. The Labute approximate surface area is 186 Å². The van der Waals surface area contributed by atoms with Crippen LogP contribution in [0, 0.1) is 0 Å². The van der Waals surface area contributed by atoms with Gasteiger partial charge < -0.3 is 24.5 Å². The Bertz CT molecular complexity index is 1060. The molecule has 2 aromatic heterocycles. The Morgan fingerprint density at radius 2 is 1.90 bits per heavy atom. The van der Waals surface area contributed by atoms with Crippen molar-refractivity contribution in [1.29, 1.82) is 0 Å². The van der Waals surface area contributed by atoms with Gasteiger partial charge in [0.1, 0.15) is 11.4 Å². The predicted octanol–water partition coefficient (Wildman–Crippen LogP) is 3.28. The summed E-state index contributed by atoms with van der Waals surface area (Å²) in [6, 6.07) is 10.8. The number of aromatic nitrogens is 2. The van der Waals surface area contributed by atoms with Gasteiger partial charge in [-0.05, 0) is 56.6 Å². The van der Waals surface area contributed by atoms with E-state index in [1.165, 1.54) is 0 Å². The Morgan fingerprint density at radius 1 is 1.19 bits per heavy atom. The molecule has 0 radical (unpaired) electrons. The summed E-state index contributed by atoms with van der Waals surface area (Å²) in [7, 11) is 0. The smallest absolute Gasteiger partial charge is 0.274 e. The van der Waals surface area contributed by atoms with Gasteiger partial charge in [0.2, 0.25) is 0 Å². The van der Waals surface area contributed by atoms with Crippen molar-refractivity contribution in [3.63, 3.8) is 0 Å². The summed E-state index contributed by atoms with van der Waals surface area (Å²) >= 11 is 6.22. The summed E-state index contributed by atoms with van der Waals surface area (Å²) in [6.07, 6.45) is 2.58. The normalized spacial score (nSPS) is 19.1. The summed E-state index contributed by atoms with van der Waals surface area (Å²) in [5.41, 5.74) is 3.05. The van der Waals surface area contributed by atoms with Crippen molar-refractivity contribution in [3.05, 3.63) is 64.6 Å². The first-order valence-corrected chi connectivity index (χ1v) is 10.9. The van der Waals surface area contributed by atoms with Crippen molar-refractivity contribution in [2.24, 2.45) is 0 Å². The number of phenols is 1. The highest BCUT2D eigenvalue weighted by Gasteiger charge is 2.30. The second-order valence-corrected chi connectivity index (χ2v) is 8.48. The molecule has 3 aromatic rings. The quantitative estimate of drug-likeness (QED) is 0.573. The van der Waals surface area contributed by atoms with Crippen LogP contribution < -0.4 is 5.32 Å². The maximum Gasteiger partial charge on any atom is 0.274 e. The Kier molecular flexibility index (Phi) is 6.46. The topological polar surface area (TPSA) is 79.1 Å². The molecular formula is C23H27ClN4O3. The van der Waals surface area contributed by atoms with Crippen molar-refractivity contribution in [3.8, 4) is 5.75 Å². The minimum Gasteiger partial charge on any atom is -0.508 e. The number of pyridine rings is 1. The molecule has 1 saturated heterocycles. The number of morpholine rings is 1. The van der Waals surface area contributed by atoms with E-state index in [4.69, 9.17) is 16.3 Å². The molecular weight excluding hydrogens is 416 g/mol. The molecule has 1 aromatic carbocycles. The highest BCUT2D eigenvalue weighted by Crippen LogP contribution is 2.20. The largest absolute Gasteiger partial charge is 0.508 e. The third-order valence-corrected chi connectivity index (χ3v) is 5.63. The number of nitrogens with one attached hydrogen (secondary N) is 1. The number of rotatable bonds is 6. The summed E-state index contributed by atoms with van der Waals surface area (Å²) < 4.78 is 7.66. The van der Waals surface area contributed by atoms with E-state index < -0.39 is 0 Å². The number of phenolic OH excluding ortho intramolecular Hbond substituents is 1. The lowest BCUT2D eigenvalue weighted by molar-refractivity contribution is -0.0587. The zero-order valence-corrected chi connectivity index (χ0v) is 18.5. The van der Waals surface area contributed by atoms with Crippen molar-refractivity contribution in [1.82, 2.24) is 19.6 Å². The molecule has 2 unspecified atom stereocenters. The average Bonchev–Trinajstić information content (AvgIpc) is 3.09. The number of hydrogen-bond donors (Lipinski definition) is 2. The van der Waals surface area contributed by atoms with Crippen LogP contribution in [-0.2, 0) is 17.7 Å². The molecule has 0 spiro atoms. The van der Waals surface area contributed by atoms with Gasteiger partial charge in [-0.25, -0.2) is 4.98 Å². The molecule has 8 heteroatoms. The number of halogens is 1. The van der Waals surface area contributed by atoms with Crippen LogP contribution in [0.15, 0.2) is 42.6 Å². The number of hydrogen-bond acceptors (Lipinski definition) is 5. The van der Waals surface area contributed by atoms with E-state index in [0.29, 0.717) is 36.0 Å². The number of carbonyl (C=O) groups excluding carboxylic acids is 1. The van der Waals surface area contributed by atoms with Gasteiger partial charge in [0, 0.05) is 25.8 Å². The van der Waals surface area contributed by atoms with Crippen LogP contribution >= 0.6 is 11.6 Å².